The fraction of sp³-hybridized carbons (Fsp3) is 0.308. The topological polar surface area (TPSA) is 33.1 Å². The van der Waals surface area contributed by atoms with E-state index in [0.717, 1.165) is 21.1 Å². The van der Waals surface area contributed by atoms with Crippen LogP contribution in [0.5, 0.6) is 0 Å². The van der Waals surface area contributed by atoms with E-state index in [4.69, 9.17) is 23.2 Å². The van der Waals surface area contributed by atoms with Gasteiger partial charge in [0.05, 0.1) is 31.7 Å². The highest BCUT2D eigenvalue weighted by Gasteiger charge is 2.17. The summed E-state index contributed by atoms with van der Waals surface area (Å²) in [5.74, 6) is 0. The van der Waals surface area contributed by atoms with Crippen molar-refractivity contribution < 1.29 is 5.11 Å². The monoisotopic (exact) mass is 301 g/mol. The number of hydrogen-bond donors (Lipinski definition) is 1. The van der Waals surface area contributed by atoms with Crippen molar-refractivity contribution >= 4 is 34.5 Å². The molecule has 0 aliphatic rings. The van der Waals surface area contributed by atoms with Gasteiger partial charge in [-0.05, 0) is 25.5 Å². The molecule has 1 atom stereocenters. The fourth-order valence-electron chi connectivity index (χ4n) is 1.86. The van der Waals surface area contributed by atoms with Gasteiger partial charge >= 0.3 is 0 Å². The zero-order valence-corrected chi connectivity index (χ0v) is 12.4. The van der Waals surface area contributed by atoms with Crippen molar-refractivity contribution in [3.63, 3.8) is 0 Å². The normalized spacial score (nSPS) is 12.7. The van der Waals surface area contributed by atoms with E-state index in [1.165, 1.54) is 11.3 Å². The molecule has 1 N–H and O–H groups in total. The standard InChI is InChI=1S/C13H13Cl2NOS/c1-7-13(18-8(2)16-7)11(17)6-9-4-3-5-10(14)12(9)15/h3-5,11,17H,6H2,1-2H3. The second-order valence-electron chi connectivity index (χ2n) is 4.12. The number of hydrogen-bond acceptors (Lipinski definition) is 3. The Hall–Kier alpha value is -0.610. The van der Waals surface area contributed by atoms with Crippen molar-refractivity contribution in [2.75, 3.05) is 0 Å². The molecule has 0 saturated heterocycles. The molecule has 18 heavy (non-hydrogen) atoms. The molecule has 0 amide bonds. The first-order chi connectivity index (χ1) is 8.49. The van der Waals surface area contributed by atoms with Crippen molar-refractivity contribution in [1.82, 2.24) is 4.98 Å². The molecule has 2 aromatic rings. The Balaban J connectivity index is 2.24. The van der Waals surface area contributed by atoms with Crippen molar-refractivity contribution in [3.05, 3.63) is 49.4 Å². The highest BCUT2D eigenvalue weighted by molar-refractivity contribution is 7.11. The van der Waals surface area contributed by atoms with Crippen LogP contribution >= 0.6 is 34.5 Å². The van der Waals surface area contributed by atoms with Gasteiger partial charge in [-0.15, -0.1) is 11.3 Å². The van der Waals surface area contributed by atoms with Crippen LogP contribution in [0.25, 0.3) is 0 Å². The van der Waals surface area contributed by atoms with E-state index in [1.54, 1.807) is 6.07 Å². The number of rotatable bonds is 3. The Morgan fingerprint density at radius 1 is 1.33 bits per heavy atom. The maximum absolute atomic E-state index is 10.3. The van der Waals surface area contributed by atoms with Crippen LogP contribution in [0, 0.1) is 13.8 Å². The van der Waals surface area contributed by atoms with Crippen LogP contribution in [0.2, 0.25) is 10.0 Å². The Kier molecular flexibility index (Phi) is 4.28. The third kappa shape index (κ3) is 2.86. The lowest BCUT2D eigenvalue weighted by Gasteiger charge is -2.11. The Labute approximate surface area is 120 Å². The Bertz CT molecular complexity index is 568. The molecule has 0 bridgehead atoms. The van der Waals surface area contributed by atoms with Gasteiger partial charge in [-0.25, -0.2) is 4.98 Å². The average Bonchev–Trinajstić information content (AvgIpc) is 2.64. The molecule has 0 spiro atoms. The second-order valence-corrected chi connectivity index (χ2v) is 6.14. The van der Waals surface area contributed by atoms with Crippen LogP contribution in [-0.2, 0) is 6.42 Å². The van der Waals surface area contributed by atoms with E-state index in [0.29, 0.717) is 16.5 Å². The van der Waals surface area contributed by atoms with Crippen LogP contribution in [0.1, 0.15) is 27.2 Å². The third-order valence-electron chi connectivity index (χ3n) is 2.69. The number of aliphatic hydroxyl groups is 1. The zero-order chi connectivity index (χ0) is 13.3. The lowest BCUT2D eigenvalue weighted by Crippen LogP contribution is -2.02. The summed E-state index contributed by atoms with van der Waals surface area (Å²) in [6.45, 7) is 3.84. The Morgan fingerprint density at radius 2 is 2.06 bits per heavy atom. The molecule has 0 saturated carbocycles. The summed E-state index contributed by atoms with van der Waals surface area (Å²) >= 11 is 13.6. The van der Waals surface area contributed by atoms with E-state index in [9.17, 15) is 5.11 Å². The van der Waals surface area contributed by atoms with Crippen molar-refractivity contribution in [1.29, 1.82) is 0 Å². The number of nitrogens with zero attached hydrogens (tertiary/aromatic N) is 1. The summed E-state index contributed by atoms with van der Waals surface area (Å²) in [5, 5.41) is 12.2. The minimum absolute atomic E-state index is 0.446. The zero-order valence-electron chi connectivity index (χ0n) is 10.1. The molecule has 96 valence electrons. The van der Waals surface area contributed by atoms with Crippen LogP contribution in [0.15, 0.2) is 18.2 Å². The molecule has 0 radical (unpaired) electrons. The van der Waals surface area contributed by atoms with Crippen LogP contribution < -0.4 is 0 Å². The summed E-state index contributed by atoms with van der Waals surface area (Å²) < 4.78 is 0. The maximum Gasteiger partial charge on any atom is 0.0941 e. The van der Waals surface area contributed by atoms with Crippen molar-refractivity contribution in [3.8, 4) is 0 Å². The van der Waals surface area contributed by atoms with Crippen LogP contribution in [0.4, 0.5) is 0 Å². The van der Waals surface area contributed by atoms with E-state index < -0.39 is 6.10 Å². The van der Waals surface area contributed by atoms with Crippen molar-refractivity contribution in [2.24, 2.45) is 0 Å². The van der Waals surface area contributed by atoms with Gasteiger partial charge in [-0.3, -0.25) is 0 Å². The number of benzene rings is 1. The fourth-order valence-corrected chi connectivity index (χ4v) is 3.17. The molecule has 1 heterocycles. The smallest absolute Gasteiger partial charge is 0.0941 e. The van der Waals surface area contributed by atoms with Gasteiger partial charge in [0, 0.05) is 6.42 Å². The van der Waals surface area contributed by atoms with Gasteiger partial charge in [0.15, 0.2) is 0 Å². The number of aromatic nitrogens is 1. The largest absolute Gasteiger partial charge is 0.387 e. The number of halogens is 2. The summed E-state index contributed by atoms with van der Waals surface area (Å²) in [6, 6.07) is 5.45. The molecule has 0 aliphatic carbocycles. The van der Waals surface area contributed by atoms with Gasteiger partial charge in [-0.2, -0.15) is 0 Å². The van der Waals surface area contributed by atoms with Crippen LogP contribution in [-0.4, -0.2) is 10.1 Å². The summed E-state index contributed by atoms with van der Waals surface area (Å²) in [4.78, 5) is 5.21. The van der Waals surface area contributed by atoms with Gasteiger partial charge in [0.1, 0.15) is 0 Å². The molecule has 1 aromatic carbocycles. The van der Waals surface area contributed by atoms with Gasteiger partial charge < -0.3 is 5.11 Å². The third-order valence-corrected chi connectivity index (χ3v) is 4.72. The quantitative estimate of drug-likeness (QED) is 0.914. The second kappa shape index (κ2) is 5.57. The van der Waals surface area contributed by atoms with Gasteiger partial charge in [0.2, 0.25) is 0 Å². The van der Waals surface area contributed by atoms with E-state index in [-0.39, 0.29) is 0 Å². The SMILES string of the molecule is Cc1nc(C)c(C(O)Cc2cccc(Cl)c2Cl)s1. The predicted octanol–water partition coefficient (Wildman–Crippen LogP) is 4.34. The minimum Gasteiger partial charge on any atom is -0.387 e. The minimum atomic E-state index is -0.591. The molecular formula is C13H13Cl2NOS. The number of aliphatic hydroxyl groups excluding tert-OH is 1. The molecule has 0 fully saturated rings. The summed E-state index contributed by atoms with van der Waals surface area (Å²) in [7, 11) is 0. The van der Waals surface area contributed by atoms with Crippen LogP contribution in [0.3, 0.4) is 0 Å². The number of thiazole rings is 1. The Morgan fingerprint density at radius 3 is 2.67 bits per heavy atom. The first-order valence-electron chi connectivity index (χ1n) is 5.54. The van der Waals surface area contributed by atoms with Gasteiger partial charge in [-0.1, -0.05) is 35.3 Å². The molecule has 1 unspecified atom stereocenters. The number of aryl methyl sites for hydroxylation is 2. The van der Waals surface area contributed by atoms with Gasteiger partial charge in [0.25, 0.3) is 0 Å². The molecule has 5 heteroatoms. The first kappa shape index (κ1) is 13.8. The highest BCUT2D eigenvalue weighted by Crippen LogP contribution is 2.32. The van der Waals surface area contributed by atoms with E-state index in [1.807, 2.05) is 26.0 Å². The first-order valence-corrected chi connectivity index (χ1v) is 7.11. The van der Waals surface area contributed by atoms with Crippen molar-refractivity contribution in [2.45, 2.75) is 26.4 Å². The summed E-state index contributed by atoms with van der Waals surface area (Å²) in [6.07, 6.45) is -0.144. The van der Waals surface area contributed by atoms with E-state index >= 15 is 0 Å². The molecule has 1 aromatic heterocycles. The predicted molar refractivity (Wildman–Crippen MR) is 76.7 cm³/mol. The highest BCUT2D eigenvalue weighted by atomic mass is 35.5. The maximum atomic E-state index is 10.3. The molecule has 0 aliphatic heterocycles. The molecule has 2 nitrogen and oxygen atoms in total. The summed E-state index contributed by atoms with van der Waals surface area (Å²) in [5.41, 5.74) is 1.73. The molecular weight excluding hydrogens is 289 g/mol. The lowest BCUT2D eigenvalue weighted by molar-refractivity contribution is 0.181. The van der Waals surface area contributed by atoms with E-state index in [2.05, 4.69) is 4.98 Å². The lowest BCUT2D eigenvalue weighted by atomic mass is 10.1. The average molecular weight is 302 g/mol. The molecule has 2 rings (SSSR count).